The number of hydrogen-bond acceptors (Lipinski definition) is 4. The molecular weight excluding hydrogens is 266 g/mol. The van der Waals surface area contributed by atoms with Crippen LogP contribution in [0.1, 0.15) is 44.1 Å². The predicted molar refractivity (Wildman–Crippen MR) is 81.0 cm³/mol. The van der Waals surface area contributed by atoms with Crippen LogP contribution in [0.3, 0.4) is 0 Å². The minimum absolute atomic E-state index is 0.166. The number of nitrogens with two attached hydrogens (primary N) is 1. The fourth-order valence-corrected chi connectivity index (χ4v) is 2.86. The lowest BCUT2D eigenvalue weighted by molar-refractivity contribution is -0.117. The number of methoxy groups -OCH3 is 1. The van der Waals surface area contributed by atoms with Gasteiger partial charge in [0.2, 0.25) is 5.91 Å². The summed E-state index contributed by atoms with van der Waals surface area (Å²) in [6.45, 7) is 0. The van der Waals surface area contributed by atoms with Crippen molar-refractivity contribution in [2.24, 2.45) is 5.73 Å². The van der Waals surface area contributed by atoms with Gasteiger partial charge in [-0.05, 0) is 25.0 Å². The number of benzene rings is 1. The van der Waals surface area contributed by atoms with E-state index in [-0.39, 0.29) is 12.3 Å². The lowest BCUT2D eigenvalue weighted by atomic mass is 9.80. The Balaban J connectivity index is 2.11. The molecule has 1 fully saturated rings. The highest BCUT2D eigenvalue weighted by atomic mass is 16.5. The van der Waals surface area contributed by atoms with Crippen molar-refractivity contribution < 1.29 is 9.53 Å². The molecule has 0 heterocycles. The normalized spacial score (nSPS) is 16.8. The smallest absolute Gasteiger partial charge is 0.226 e. The van der Waals surface area contributed by atoms with E-state index in [0.29, 0.717) is 17.0 Å². The highest BCUT2D eigenvalue weighted by Gasteiger charge is 2.30. The molecule has 3 N–H and O–H groups in total. The Kier molecular flexibility index (Phi) is 4.81. The van der Waals surface area contributed by atoms with Gasteiger partial charge in [0.1, 0.15) is 17.5 Å². The van der Waals surface area contributed by atoms with Crippen molar-refractivity contribution in [2.45, 2.75) is 44.1 Å². The largest absolute Gasteiger partial charge is 0.495 e. The first-order valence-corrected chi connectivity index (χ1v) is 7.24. The fourth-order valence-electron chi connectivity index (χ4n) is 2.86. The first-order chi connectivity index (χ1) is 10.1. The van der Waals surface area contributed by atoms with E-state index >= 15 is 0 Å². The molecule has 0 aromatic heterocycles. The van der Waals surface area contributed by atoms with E-state index in [0.717, 1.165) is 25.7 Å². The second kappa shape index (κ2) is 6.59. The highest BCUT2D eigenvalue weighted by Crippen LogP contribution is 2.31. The van der Waals surface area contributed by atoms with Gasteiger partial charge in [-0.15, -0.1) is 0 Å². The van der Waals surface area contributed by atoms with E-state index in [1.54, 1.807) is 18.2 Å². The summed E-state index contributed by atoms with van der Waals surface area (Å²) in [5.41, 5.74) is 6.69. The number of amides is 1. The number of carbonyl (C=O) groups is 1. The average molecular weight is 287 g/mol. The van der Waals surface area contributed by atoms with E-state index in [1.165, 1.54) is 13.5 Å². The van der Waals surface area contributed by atoms with Gasteiger partial charge in [-0.3, -0.25) is 4.79 Å². The van der Waals surface area contributed by atoms with Gasteiger partial charge in [0, 0.05) is 12.0 Å². The van der Waals surface area contributed by atoms with Crippen molar-refractivity contribution in [1.82, 2.24) is 0 Å². The van der Waals surface area contributed by atoms with Crippen molar-refractivity contribution in [3.63, 3.8) is 0 Å². The maximum Gasteiger partial charge on any atom is 0.226 e. The Labute approximate surface area is 125 Å². The van der Waals surface area contributed by atoms with E-state index in [1.807, 2.05) is 0 Å². The quantitative estimate of drug-likeness (QED) is 0.890. The minimum Gasteiger partial charge on any atom is -0.495 e. The summed E-state index contributed by atoms with van der Waals surface area (Å²) in [6, 6.07) is 7.15. The monoisotopic (exact) mass is 287 g/mol. The Morgan fingerprint density at radius 3 is 2.76 bits per heavy atom. The Morgan fingerprint density at radius 2 is 2.14 bits per heavy atom. The van der Waals surface area contributed by atoms with Crippen LogP contribution in [0.25, 0.3) is 0 Å². The van der Waals surface area contributed by atoms with E-state index in [4.69, 9.17) is 15.7 Å². The SMILES string of the molecule is COc1cccc(C#N)c1NC(=O)CC1(N)CCCCC1. The van der Waals surface area contributed by atoms with Crippen LogP contribution in [0.5, 0.6) is 5.75 Å². The number of nitrogens with one attached hydrogen (secondary N) is 1. The molecule has 112 valence electrons. The molecule has 1 aromatic carbocycles. The Bertz CT molecular complexity index is 557. The summed E-state index contributed by atoms with van der Waals surface area (Å²) in [5.74, 6) is 0.317. The molecule has 1 aromatic rings. The second-order valence-electron chi connectivity index (χ2n) is 5.64. The van der Waals surface area contributed by atoms with Crippen LogP contribution >= 0.6 is 0 Å². The highest BCUT2D eigenvalue weighted by molar-refractivity contribution is 5.94. The summed E-state index contributed by atoms with van der Waals surface area (Å²) in [4.78, 5) is 12.3. The topological polar surface area (TPSA) is 88.1 Å². The lowest BCUT2D eigenvalue weighted by Gasteiger charge is -2.32. The van der Waals surface area contributed by atoms with Crippen LogP contribution in [-0.4, -0.2) is 18.6 Å². The maximum absolute atomic E-state index is 12.3. The van der Waals surface area contributed by atoms with Crippen molar-refractivity contribution in [3.8, 4) is 11.8 Å². The third-order valence-electron chi connectivity index (χ3n) is 3.99. The van der Waals surface area contributed by atoms with Crippen LogP contribution in [0, 0.1) is 11.3 Å². The Hall–Kier alpha value is -2.06. The van der Waals surface area contributed by atoms with E-state index in [9.17, 15) is 4.79 Å². The molecule has 21 heavy (non-hydrogen) atoms. The van der Waals surface area contributed by atoms with E-state index < -0.39 is 5.54 Å². The number of nitriles is 1. The zero-order valence-corrected chi connectivity index (χ0v) is 12.3. The number of ether oxygens (including phenoxy) is 1. The third kappa shape index (κ3) is 3.73. The first kappa shape index (κ1) is 15.3. The standard InChI is InChI=1S/C16H21N3O2/c1-21-13-7-5-6-12(11-17)15(13)19-14(20)10-16(18)8-3-2-4-9-16/h5-7H,2-4,8-10,18H2,1H3,(H,19,20). The van der Waals surface area contributed by atoms with Crippen LogP contribution in [0.15, 0.2) is 18.2 Å². The molecule has 0 aliphatic heterocycles. The van der Waals surface area contributed by atoms with Gasteiger partial charge in [-0.1, -0.05) is 25.3 Å². The molecule has 0 bridgehead atoms. The molecule has 5 heteroatoms. The summed E-state index contributed by atoms with van der Waals surface area (Å²) in [6.07, 6.45) is 5.35. The van der Waals surface area contributed by atoms with Gasteiger partial charge in [0.25, 0.3) is 0 Å². The van der Waals surface area contributed by atoms with Gasteiger partial charge in [-0.2, -0.15) is 5.26 Å². The fraction of sp³-hybridized carbons (Fsp3) is 0.500. The molecule has 1 aliphatic rings. The molecule has 0 saturated heterocycles. The molecule has 0 atom stereocenters. The van der Waals surface area contributed by atoms with Crippen LogP contribution in [0.2, 0.25) is 0 Å². The minimum atomic E-state index is -0.419. The first-order valence-electron chi connectivity index (χ1n) is 7.24. The van der Waals surface area contributed by atoms with Crippen molar-refractivity contribution in [2.75, 3.05) is 12.4 Å². The van der Waals surface area contributed by atoms with Gasteiger partial charge in [0.15, 0.2) is 0 Å². The molecule has 0 unspecified atom stereocenters. The zero-order valence-electron chi connectivity index (χ0n) is 12.3. The lowest BCUT2D eigenvalue weighted by Crippen LogP contribution is -2.44. The molecule has 2 rings (SSSR count). The summed E-state index contributed by atoms with van der Waals surface area (Å²) >= 11 is 0. The second-order valence-corrected chi connectivity index (χ2v) is 5.64. The van der Waals surface area contributed by atoms with Crippen molar-refractivity contribution in [3.05, 3.63) is 23.8 Å². The summed E-state index contributed by atoms with van der Waals surface area (Å²) < 4.78 is 5.21. The molecule has 0 radical (unpaired) electrons. The van der Waals surface area contributed by atoms with Crippen LogP contribution < -0.4 is 15.8 Å². The van der Waals surface area contributed by atoms with E-state index in [2.05, 4.69) is 11.4 Å². The Morgan fingerprint density at radius 1 is 1.43 bits per heavy atom. The molecule has 0 spiro atoms. The van der Waals surface area contributed by atoms with Gasteiger partial charge in [0.05, 0.1) is 12.7 Å². The van der Waals surface area contributed by atoms with Crippen LogP contribution in [-0.2, 0) is 4.79 Å². The predicted octanol–water partition coefficient (Wildman–Crippen LogP) is 2.56. The molecule has 1 aliphatic carbocycles. The zero-order chi connectivity index (χ0) is 15.3. The summed E-state index contributed by atoms with van der Waals surface area (Å²) in [7, 11) is 1.51. The van der Waals surface area contributed by atoms with Crippen molar-refractivity contribution in [1.29, 1.82) is 5.26 Å². The van der Waals surface area contributed by atoms with Gasteiger partial charge >= 0.3 is 0 Å². The number of para-hydroxylation sites is 1. The van der Waals surface area contributed by atoms with Crippen molar-refractivity contribution >= 4 is 11.6 Å². The number of rotatable bonds is 4. The molecule has 1 saturated carbocycles. The molecule has 5 nitrogen and oxygen atoms in total. The average Bonchev–Trinajstić information content (AvgIpc) is 2.47. The number of anilines is 1. The molecular formula is C16H21N3O2. The van der Waals surface area contributed by atoms with Crippen LogP contribution in [0.4, 0.5) is 5.69 Å². The number of hydrogen-bond donors (Lipinski definition) is 2. The molecule has 1 amide bonds. The van der Waals surface area contributed by atoms with Gasteiger partial charge in [-0.25, -0.2) is 0 Å². The summed E-state index contributed by atoms with van der Waals surface area (Å²) in [5, 5.41) is 11.9. The maximum atomic E-state index is 12.3. The number of nitrogens with zero attached hydrogens (tertiary/aromatic N) is 1. The van der Waals surface area contributed by atoms with Gasteiger partial charge < -0.3 is 15.8 Å². The third-order valence-corrected chi connectivity index (χ3v) is 3.99. The number of carbonyl (C=O) groups excluding carboxylic acids is 1.